The molecule has 0 aromatic rings. The lowest BCUT2D eigenvalue weighted by atomic mass is 10.3. The number of nitrogens with zero attached hydrogens (tertiary/aromatic N) is 2. The van der Waals surface area contributed by atoms with Gasteiger partial charge in [0.2, 0.25) is 0 Å². The van der Waals surface area contributed by atoms with Crippen LogP contribution >= 0.6 is 0 Å². The first-order chi connectivity index (χ1) is 5.36. The van der Waals surface area contributed by atoms with E-state index in [-0.39, 0.29) is 0 Å². The molecule has 2 aliphatic rings. The second kappa shape index (κ2) is 2.12. The molecule has 0 fully saturated rings. The van der Waals surface area contributed by atoms with Gasteiger partial charge in [-0.1, -0.05) is 5.16 Å². The average Bonchev–Trinajstić information content (AvgIpc) is 2.04. The van der Waals surface area contributed by atoms with Crippen LogP contribution in [0.15, 0.2) is 33.9 Å². The van der Waals surface area contributed by atoms with E-state index in [1.54, 1.807) is 18.6 Å². The molecule has 0 bridgehead atoms. The van der Waals surface area contributed by atoms with Gasteiger partial charge in [-0.3, -0.25) is 0 Å². The fraction of sp³-hybridized carbons (Fsp3) is 0. The van der Waals surface area contributed by atoms with E-state index in [2.05, 4.69) is 15.5 Å². The van der Waals surface area contributed by atoms with Crippen molar-refractivity contribution in [1.82, 2.24) is 5.32 Å². The van der Waals surface area contributed by atoms with Crippen molar-refractivity contribution in [3.63, 3.8) is 0 Å². The molecule has 2 aliphatic heterocycles. The highest BCUT2D eigenvalue weighted by Gasteiger charge is 2.13. The second-order valence-corrected chi connectivity index (χ2v) is 2.07. The second-order valence-electron chi connectivity index (χ2n) is 2.07. The van der Waals surface area contributed by atoms with Crippen molar-refractivity contribution in [3.05, 3.63) is 23.7 Å². The van der Waals surface area contributed by atoms with Crippen molar-refractivity contribution < 1.29 is 4.84 Å². The number of rotatable bonds is 0. The molecule has 0 aromatic carbocycles. The van der Waals surface area contributed by atoms with Gasteiger partial charge in [-0.2, -0.15) is 0 Å². The first-order valence-corrected chi connectivity index (χ1v) is 3.07. The Labute approximate surface area is 62.9 Å². The molecule has 0 spiro atoms. The lowest BCUT2D eigenvalue weighted by Gasteiger charge is -2.12. The summed E-state index contributed by atoms with van der Waals surface area (Å²) in [7, 11) is 0. The smallest absolute Gasteiger partial charge is 0.199 e. The van der Waals surface area contributed by atoms with Crippen molar-refractivity contribution in [2.75, 3.05) is 0 Å². The Morgan fingerprint density at radius 3 is 3.36 bits per heavy atom. The molecule has 5 heteroatoms. The maximum Gasteiger partial charge on any atom is 0.199 e. The Morgan fingerprint density at radius 2 is 2.45 bits per heavy atom. The summed E-state index contributed by atoms with van der Waals surface area (Å²) in [5.74, 6) is 0.915. The number of fused-ring (bicyclic) bond motifs is 1. The molecular weight excluding hydrogens is 144 g/mol. The fourth-order valence-corrected chi connectivity index (χ4v) is 0.807. The molecule has 0 saturated heterocycles. The number of oxime groups is 1. The number of aliphatic imine (C=N–C) groups is 1. The number of nitrogens with one attached hydrogen (secondary N) is 1. The predicted octanol–water partition coefficient (Wildman–Crippen LogP) is -0.354. The summed E-state index contributed by atoms with van der Waals surface area (Å²) in [5, 5.41) is 6.32. The van der Waals surface area contributed by atoms with Crippen LogP contribution in [0.4, 0.5) is 0 Å². The average molecular weight is 150 g/mol. The van der Waals surface area contributed by atoms with Gasteiger partial charge in [0.15, 0.2) is 11.6 Å². The Balaban J connectivity index is 2.38. The molecule has 0 aromatic heterocycles. The molecule has 0 amide bonds. The third-order valence-electron chi connectivity index (χ3n) is 1.28. The molecule has 5 nitrogen and oxygen atoms in total. The van der Waals surface area contributed by atoms with Crippen LogP contribution in [0.3, 0.4) is 0 Å². The molecule has 0 saturated carbocycles. The zero-order valence-corrected chi connectivity index (χ0v) is 5.61. The van der Waals surface area contributed by atoms with Gasteiger partial charge in [0.05, 0.1) is 12.5 Å². The first kappa shape index (κ1) is 5.96. The van der Waals surface area contributed by atoms with Crippen molar-refractivity contribution >= 4 is 12.2 Å². The third kappa shape index (κ3) is 0.958. The molecule has 0 radical (unpaired) electrons. The molecule has 2 rings (SSSR count). The molecule has 3 N–H and O–H groups in total. The van der Waals surface area contributed by atoms with Gasteiger partial charge in [0.1, 0.15) is 5.70 Å². The summed E-state index contributed by atoms with van der Waals surface area (Å²) in [6.07, 6.45) is 4.86. The molecule has 0 aliphatic carbocycles. The van der Waals surface area contributed by atoms with Crippen molar-refractivity contribution in [2.24, 2.45) is 15.9 Å². The lowest BCUT2D eigenvalue weighted by molar-refractivity contribution is 0.229. The number of hydrogen-bond donors (Lipinski definition) is 2. The largest absolute Gasteiger partial charge is 0.381 e. The van der Waals surface area contributed by atoms with E-state index >= 15 is 0 Å². The van der Waals surface area contributed by atoms with E-state index in [4.69, 9.17) is 10.6 Å². The van der Waals surface area contributed by atoms with Gasteiger partial charge < -0.3 is 15.9 Å². The minimum absolute atomic E-state index is 0.330. The van der Waals surface area contributed by atoms with Gasteiger partial charge in [0, 0.05) is 6.08 Å². The van der Waals surface area contributed by atoms with Crippen molar-refractivity contribution in [3.8, 4) is 0 Å². The summed E-state index contributed by atoms with van der Waals surface area (Å²) in [6.45, 7) is 0. The van der Waals surface area contributed by atoms with E-state index in [1.807, 2.05) is 0 Å². The van der Waals surface area contributed by atoms with E-state index in [9.17, 15) is 0 Å². The quantitative estimate of drug-likeness (QED) is 0.495. The third-order valence-corrected chi connectivity index (χ3v) is 1.28. The van der Waals surface area contributed by atoms with E-state index in [1.165, 1.54) is 0 Å². The summed E-state index contributed by atoms with van der Waals surface area (Å²) in [4.78, 5) is 8.85. The van der Waals surface area contributed by atoms with Crippen LogP contribution < -0.4 is 11.1 Å². The van der Waals surface area contributed by atoms with Crippen LogP contribution in [-0.2, 0) is 4.84 Å². The zero-order chi connectivity index (χ0) is 7.68. The first-order valence-electron chi connectivity index (χ1n) is 3.07. The summed E-state index contributed by atoms with van der Waals surface area (Å²) in [5.41, 5.74) is 6.06. The number of nitrogens with two attached hydrogens (primary N) is 1. The maximum absolute atomic E-state index is 5.37. The monoisotopic (exact) mass is 150 g/mol. The van der Waals surface area contributed by atoms with Gasteiger partial charge in [-0.25, -0.2) is 4.99 Å². The van der Waals surface area contributed by atoms with Crippen molar-refractivity contribution in [2.45, 2.75) is 0 Å². The number of hydrogen-bond acceptors (Lipinski definition) is 5. The Bertz CT molecular complexity index is 300. The highest BCUT2D eigenvalue weighted by molar-refractivity contribution is 5.93. The van der Waals surface area contributed by atoms with Gasteiger partial charge >= 0.3 is 0 Å². The maximum atomic E-state index is 5.37. The topological polar surface area (TPSA) is 72.0 Å². The predicted molar refractivity (Wildman–Crippen MR) is 40.5 cm³/mol. The molecular formula is C6H6N4O. The van der Waals surface area contributed by atoms with Crippen LogP contribution in [0.5, 0.6) is 0 Å². The van der Waals surface area contributed by atoms with Crippen LogP contribution in [0, 0.1) is 0 Å². The Hall–Kier alpha value is -1.78. The Kier molecular flexibility index (Phi) is 1.15. The van der Waals surface area contributed by atoms with E-state index < -0.39 is 0 Å². The molecule has 2 heterocycles. The zero-order valence-electron chi connectivity index (χ0n) is 5.61. The minimum Gasteiger partial charge on any atom is -0.381 e. The van der Waals surface area contributed by atoms with Gasteiger partial charge in [-0.15, -0.1) is 0 Å². The summed E-state index contributed by atoms with van der Waals surface area (Å²) >= 11 is 0. The lowest BCUT2D eigenvalue weighted by Crippen LogP contribution is -2.18. The summed E-state index contributed by atoms with van der Waals surface area (Å²) < 4.78 is 0. The normalized spacial score (nSPS) is 20.2. The van der Waals surface area contributed by atoms with Crippen LogP contribution in [-0.4, -0.2) is 12.2 Å². The van der Waals surface area contributed by atoms with Crippen LogP contribution in [0.2, 0.25) is 0 Å². The van der Waals surface area contributed by atoms with Crippen LogP contribution in [0.1, 0.15) is 0 Å². The standard InChI is InChI=1S/C6H6N4O/c7-6-1-4-5(11-10-6)2-8-3-9-4/h1-3H,(H2,7,10)(H,8,9). The molecule has 0 atom stereocenters. The fourth-order valence-electron chi connectivity index (χ4n) is 0.807. The van der Waals surface area contributed by atoms with Gasteiger partial charge in [0.25, 0.3) is 0 Å². The highest BCUT2D eigenvalue weighted by Crippen LogP contribution is 2.17. The number of amidine groups is 1. The highest BCUT2D eigenvalue weighted by atomic mass is 16.6. The van der Waals surface area contributed by atoms with Crippen molar-refractivity contribution in [1.29, 1.82) is 0 Å². The molecule has 11 heavy (non-hydrogen) atoms. The SMILES string of the molecule is NC1=NOC2=CNC=NC2=C1. The molecule has 56 valence electrons. The van der Waals surface area contributed by atoms with E-state index in [0.717, 1.165) is 0 Å². The van der Waals surface area contributed by atoms with E-state index in [0.29, 0.717) is 17.3 Å². The Morgan fingerprint density at radius 1 is 1.55 bits per heavy atom. The summed E-state index contributed by atoms with van der Waals surface area (Å²) in [6, 6.07) is 0. The molecule has 0 unspecified atom stereocenters. The van der Waals surface area contributed by atoms with Gasteiger partial charge in [-0.05, 0) is 0 Å². The van der Waals surface area contributed by atoms with Crippen LogP contribution in [0.25, 0.3) is 0 Å². The minimum atomic E-state index is 0.330.